The smallest absolute Gasteiger partial charge is 0.126 e. The quantitative estimate of drug-likeness (QED) is 0.733. The summed E-state index contributed by atoms with van der Waals surface area (Å²) >= 11 is 1.65. The summed E-state index contributed by atoms with van der Waals surface area (Å²) in [6, 6.07) is 12.5. The number of aromatic amines is 1. The van der Waals surface area contributed by atoms with Gasteiger partial charge in [0.05, 0.1) is 5.69 Å². The van der Waals surface area contributed by atoms with Crippen molar-refractivity contribution in [3.05, 3.63) is 54.4 Å². The molecule has 100 valence electrons. The molecular weight excluding hydrogens is 266 g/mol. The lowest BCUT2D eigenvalue weighted by Gasteiger charge is -2.05. The highest BCUT2D eigenvalue weighted by atomic mass is 32.2. The second-order valence-electron chi connectivity index (χ2n) is 4.58. The van der Waals surface area contributed by atoms with Crippen LogP contribution in [0.2, 0.25) is 0 Å². The predicted molar refractivity (Wildman–Crippen MR) is 83.8 cm³/mol. The van der Waals surface area contributed by atoms with E-state index in [0.717, 1.165) is 27.4 Å². The summed E-state index contributed by atoms with van der Waals surface area (Å²) in [5.41, 5.74) is 5.73. The normalized spacial score (nSPS) is 10.7. The van der Waals surface area contributed by atoms with Gasteiger partial charge in [0.2, 0.25) is 0 Å². The van der Waals surface area contributed by atoms with Gasteiger partial charge in [-0.25, -0.2) is 0 Å². The van der Waals surface area contributed by atoms with Crippen LogP contribution in [0.1, 0.15) is 5.56 Å². The van der Waals surface area contributed by atoms with Crippen molar-refractivity contribution in [3.8, 4) is 22.4 Å². The molecule has 2 aromatic heterocycles. The van der Waals surface area contributed by atoms with E-state index < -0.39 is 0 Å². The zero-order valence-corrected chi connectivity index (χ0v) is 12.2. The van der Waals surface area contributed by atoms with Crippen molar-refractivity contribution in [2.24, 2.45) is 0 Å². The van der Waals surface area contributed by atoms with Gasteiger partial charge in [-0.2, -0.15) is 5.10 Å². The molecule has 1 N–H and O–H groups in total. The maximum atomic E-state index is 4.43. The van der Waals surface area contributed by atoms with Gasteiger partial charge in [0.25, 0.3) is 0 Å². The third-order valence-corrected chi connectivity index (χ3v) is 3.92. The Hall–Kier alpha value is -2.07. The Labute approximate surface area is 122 Å². The molecule has 0 unspecified atom stereocenters. The van der Waals surface area contributed by atoms with E-state index in [2.05, 4.69) is 46.4 Å². The Morgan fingerprint density at radius 3 is 2.30 bits per heavy atom. The molecule has 1 aromatic carbocycles. The summed E-state index contributed by atoms with van der Waals surface area (Å²) in [5, 5.41) is 8.60. The summed E-state index contributed by atoms with van der Waals surface area (Å²) in [4.78, 5) is 4.09. The molecule has 0 amide bonds. The van der Waals surface area contributed by atoms with Crippen LogP contribution in [0.15, 0.2) is 53.8 Å². The topological polar surface area (TPSA) is 41.6 Å². The Morgan fingerprint density at radius 2 is 1.65 bits per heavy atom. The number of hydrogen-bond acceptors (Lipinski definition) is 3. The third kappa shape index (κ3) is 2.34. The van der Waals surface area contributed by atoms with Crippen molar-refractivity contribution in [1.29, 1.82) is 0 Å². The fourth-order valence-electron chi connectivity index (χ4n) is 2.19. The summed E-state index contributed by atoms with van der Waals surface area (Å²) in [6.45, 7) is 2.09. The van der Waals surface area contributed by atoms with E-state index in [4.69, 9.17) is 0 Å². The molecule has 0 atom stereocenters. The SMILES string of the molecule is CSc1n[nH]c(-c2ccc(C)cc2)c1-c1ccncc1. The lowest BCUT2D eigenvalue weighted by molar-refractivity contribution is 1.01. The molecule has 3 nitrogen and oxygen atoms in total. The Kier molecular flexibility index (Phi) is 3.56. The van der Waals surface area contributed by atoms with Crippen molar-refractivity contribution >= 4 is 11.8 Å². The average Bonchev–Trinajstić information content (AvgIpc) is 2.93. The highest BCUT2D eigenvalue weighted by Crippen LogP contribution is 2.36. The molecule has 0 aliphatic rings. The molecule has 0 spiro atoms. The van der Waals surface area contributed by atoms with Gasteiger partial charge in [0, 0.05) is 23.5 Å². The number of benzene rings is 1. The number of nitrogens with zero attached hydrogens (tertiary/aromatic N) is 2. The molecule has 0 radical (unpaired) electrons. The fourth-order valence-corrected chi connectivity index (χ4v) is 2.75. The van der Waals surface area contributed by atoms with Gasteiger partial charge in [-0.1, -0.05) is 29.8 Å². The maximum absolute atomic E-state index is 4.43. The number of nitrogens with one attached hydrogen (secondary N) is 1. The minimum Gasteiger partial charge on any atom is -0.276 e. The first-order valence-corrected chi connectivity index (χ1v) is 7.62. The van der Waals surface area contributed by atoms with Gasteiger partial charge < -0.3 is 0 Å². The number of thioether (sulfide) groups is 1. The molecule has 3 aromatic rings. The minimum atomic E-state index is 1.01. The van der Waals surface area contributed by atoms with Crippen LogP contribution in [-0.2, 0) is 0 Å². The van der Waals surface area contributed by atoms with E-state index in [9.17, 15) is 0 Å². The third-order valence-electron chi connectivity index (χ3n) is 3.24. The van der Waals surface area contributed by atoms with Crippen molar-refractivity contribution in [1.82, 2.24) is 15.2 Å². The van der Waals surface area contributed by atoms with E-state index in [1.54, 1.807) is 11.8 Å². The number of hydrogen-bond donors (Lipinski definition) is 1. The van der Waals surface area contributed by atoms with E-state index in [1.165, 1.54) is 5.56 Å². The maximum Gasteiger partial charge on any atom is 0.126 e. The standard InChI is InChI=1S/C16H15N3S/c1-11-3-5-13(6-4-11)15-14(16(20-2)19-18-15)12-7-9-17-10-8-12/h3-10H,1-2H3,(H,18,19). The van der Waals surface area contributed by atoms with Gasteiger partial charge in [-0.05, 0) is 30.9 Å². The summed E-state index contributed by atoms with van der Waals surface area (Å²) in [7, 11) is 0. The number of pyridine rings is 1. The van der Waals surface area contributed by atoms with Crippen molar-refractivity contribution < 1.29 is 0 Å². The zero-order valence-electron chi connectivity index (χ0n) is 11.4. The number of H-pyrrole nitrogens is 1. The van der Waals surface area contributed by atoms with Crippen LogP contribution < -0.4 is 0 Å². The highest BCUT2D eigenvalue weighted by Gasteiger charge is 2.15. The predicted octanol–water partition coefficient (Wildman–Crippen LogP) is 4.17. The Morgan fingerprint density at radius 1 is 0.950 bits per heavy atom. The molecule has 20 heavy (non-hydrogen) atoms. The molecule has 4 heteroatoms. The highest BCUT2D eigenvalue weighted by molar-refractivity contribution is 7.98. The monoisotopic (exact) mass is 281 g/mol. The lowest BCUT2D eigenvalue weighted by atomic mass is 10.0. The minimum absolute atomic E-state index is 1.01. The van der Waals surface area contributed by atoms with Gasteiger partial charge in [0.1, 0.15) is 5.03 Å². The van der Waals surface area contributed by atoms with Crippen LogP contribution in [0.25, 0.3) is 22.4 Å². The molecule has 0 saturated carbocycles. The van der Waals surface area contributed by atoms with Crippen LogP contribution in [-0.4, -0.2) is 21.4 Å². The van der Waals surface area contributed by atoms with Crippen LogP contribution in [0.3, 0.4) is 0 Å². The van der Waals surface area contributed by atoms with Crippen LogP contribution in [0.5, 0.6) is 0 Å². The van der Waals surface area contributed by atoms with Gasteiger partial charge >= 0.3 is 0 Å². The molecule has 0 saturated heterocycles. The first-order valence-electron chi connectivity index (χ1n) is 6.39. The first-order chi connectivity index (χ1) is 9.79. The number of rotatable bonds is 3. The lowest BCUT2D eigenvalue weighted by Crippen LogP contribution is -1.84. The van der Waals surface area contributed by atoms with E-state index in [-0.39, 0.29) is 0 Å². The van der Waals surface area contributed by atoms with Gasteiger partial charge in [-0.15, -0.1) is 11.8 Å². The van der Waals surface area contributed by atoms with Crippen LogP contribution >= 0.6 is 11.8 Å². The van der Waals surface area contributed by atoms with Crippen molar-refractivity contribution in [2.45, 2.75) is 11.9 Å². The van der Waals surface area contributed by atoms with Crippen LogP contribution in [0.4, 0.5) is 0 Å². The van der Waals surface area contributed by atoms with Gasteiger partial charge in [0.15, 0.2) is 0 Å². The second-order valence-corrected chi connectivity index (χ2v) is 5.38. The fraction of sp³-hybridized carbons (Fsp3) is 0.125. The second kappa shape index (κ2) is 5.51. The Balaban J connectivity index is 2.17. The molecule has 0 aliphatic carbocycles. The van der Waals surface area contributed by atoms with Crippen molar-refractivity contribution in [3.63, 3.8) is 0 Å². The van der Waals surface area contributed by atoms with E-state index in [0.29, 0.717) is 0 Å². The molecule has 0 fully saturated rings. The Bertz CT molecular complexity index is 702. The summed E-state index contributed by atoms with van der Waals surface area (Å²) in [5.74, 6) is 0. The molecular formula is C16H15N3S. The van der Waals surface area contributed by atoms with Crippen LogP contribution in [0, 0.1) is 6.92 Å². The van der Waals surface area contributed by atoms with Gasteiger partial charge in [-0.3, -0.25) is 10.1 Å². The largest absolute Gasteiger partial charge is 0.276 e. The number of aryl methyl sites for hydroxylation is 1. The number of aromatic nitrogens is 3. The summed E-state index contributed by atoms with van der Waals surface area (Å²) < 4.78 is 0. The van der Waals surface area contributed by atoms with Crippen molar-refractivity contribution in [2.75, 3.05) is 6.26 Å². The molecule has 0 bridgehead atoms. The summed E-state index contributed by atoms with van der Waals surface area (Å²) in [6.07, 6.45) is 5.66. The molecule has 0 aliphatic heterocycles. The van der Waals surface area contributed by atoms with E-state index >= 15 is 0 Å². The molecule has 2 heterocycles. The average molecular weight is 281 g/mol. The molecule has 3 rings (SSSR count). The first kappa shape index (κ1) is 12.9. The van der Waals surface area contributed by atoms with E-state index in [1.807, 2.05) is 30.8 Å². The zero-order chi connectivity index (χ0) is 13.9.